The number of carbonyl (C=O) groups excluding carboxylic acids is 3. The second-order valence-corrected chi connectivity index (χ2v) is 18.9. The summed E-state index contributed by atoms with van der Waals surface area (Å²) in [6.07, 6.45) is 60.2. The number of ether oxygens (including phenoxy) is 3. The molecule has 0 amide bonds. The minimum absolute atomic E-state index is 0.0703. The van der Waals surface area contributed by atoms with Gasteiger partial charge >= 0.3 is 17.9 Å². The first kappa shape index (κ1) is 60.9. The van der Waals surface area contributed by atoms with E-state index < -0.39 is 6.10 Å². The van der Waals surface area contributed by atoms with Crippen LogP contribution < -0.4 is 0 Å². The van der Waals surface area contributed by atoms with Crippen LogP contribution in [0.3, 0.4) is 0 Å². The Morgan fingerprint density at radius 2 is 0.603 bits per heavy atom. The van der Waals surface area contributed by atoms with Crippen molar-refractivity contribution in [2.45, 2.75) is 309 Å². The molecule has 0 fully saturated rings. The maximum Gasteiger partial charge on any atom is 0.306 e. The minimum atomic E-state index is -0.771. The van der Waals surface area contributed by atoms with E-state index in [-0.39, 0.29) is 31.1 Å². The Balaban J connectivity index is 4.33. The molecule has 1 unspecified atom stereocenters. The lowest BCUT2D eigenvalue weighted by Gasteiger charge is -2.18. The van der Waals surface area contributed by atoms with E-state index in [4.69, 9.17) is 14.2 Å². The summed E-state index contributed by atoms with van der Waals surface area (Å²) < 4.78 is 16.8. The molecule has 0 saturated heterocycles. The number of unbranched alkanes of at least 4 members (excludes halogenated alkanes) is 36. The van der Waals surface area contributed by atoms with Crippen LogP contribution in [0.2, 0.25) is 0 Å². The summed E-state index contributed by atoms with van der Waals surface area (Å²) in [6.45, 7) is 6.61. The average molecular weight is 887 g/mol. The van der Waals surface area contributed by atoms with Gasteiger partial charge in [0.2, 0.25) is 0 Å². The summed E-state index contributed by atoms with van der Waals surface area (Å²) in [5.74, 6) is -0.865. The van der Waals surface area contributed by atoms with Crippen LogP contribution in [0, 0.1) is 0 Å². The van der Waals surface area contributed by atoms with E-state index in [1.165, 1.54) is 180 Å². The first-order valence-corrected chi connectivity index (χ1v) is 27.8. The predicted octanol–water partition coefficient (Wildman–Crippen LogP) is 18.3. The number of allylic oxidation sites excluding steroid dienone is 4. The average Bonchev–Trinajstić information content (AvgIpc) is 3.28. The normalized spacial score (nSPS) is 12.1. The van der Waals surface area contributed by atoms with Gasteiger partial charge in [-0.05, 0) is 44.9 Å². The molecular weight excluding hydrogens is 781 g/mol. The predicted molar refractivity (Wildman–Crippen MR) is 270 cm³/mol. The van der Waals surface area contributed by atoms with Gasteiger partial charge in [-0.15, -0.1) is 0 Å². The van der Waals surface area contributed by atoms with Crippen LogP contribution in [-0.4, -0.2) is 37.2 Å². The van der Waals surface area contributed by atoms with Gasteiger partial charge in [0.05, 0.1) is 0 Å². The fourth-order valence-electron chi connectivity index (χ4n) is 8.25. The first-order valence-electron chi connectivity index (χ1n) is 27.8. The molecular formula is C57H106O6. The number of esters is 3. The van der Waals surface area contributed by atoms with Crippen LogP contribution in [-0.2, 0) is 28.6 Å². The lowest BCUT2D eigenvalue weighted by atomic mass is 10.0. The van der Waals surface area contributed by atoms with E-state index in [1.807, 2.05) is 0 Å². The van der Waals surface area contributed by atoms with Crippen LogP contribution in [0.25, 0.3) is 0 Å². The molecule has 1 atom stereocenters. The third-order valence-electron chi connectivity index (χ3n) is 12.4. The lowest BCUT2D eigenvalue weighted by Crippen LogP contribution is -2.30. The molecule has 0 aliphatic heterocycles. The van der Waals surface area contributed by atoms with Gasteiger partial charge in [-0.2, -0.15) is 0 Å². The van der Waals surface area contributed by atoms with Crippen molar-refractivity contribution in [1.29, 1.82) is 0 Å². The Morgan fingerprint density at radius 1 is 0.317 bits per heavy atom. The zero-order valence-electron chi connectivity index (χ0n) is 42.4. The molecule has 0 spiro atoms. The molecule has 0 rings (SSSR count). The SMILES string of the molecule is CCC/C=C\C/C=C\CCCCCCCC(=O)OCC(COC(=O)CCCCCCCCCCCCCCCCCC)OC(=O)CCCCCCCCCCCCCCCCCC. The van der Waals surface area contributed by atoms with E-state index in [0.29, 0.717) is 19.3 Å². The highest BCUT2D eigenvalue weighted by Crippen LogP contribution is 2.17. The smallest absolute Gasteiger partial charge is 0.306 e. The van der Waals surface area contributed by atoms with Crippen molar-refractivity contribution in [3.05, 3.63) is 24.3 Å². The van der Waals surface area contributed by atoms with E-state index in [0.717, 1.165) is 83.5 Å². The van der Waals surface area contributed by atoms with Crippen molar-refractivity contribution < 1.29 is 28.6 Å². The molecule has 370 valence electrons. The fraction of sp³-hybridized carbons (Fsp3) is 0.877. The Bertz CT molecular complexity index is 1020. The quantitative estimate of drug-likeness (QED) is 0.0262. The standard InChI is InChI=1S/C57H106O6/c1-4-7-10-13-16-19-22-25-27-29-32-35-38-41-44-47-50-56(59)62-53-54(52-61-55(58)49-46-43-40-37-34-31-24-21-18-15-12-9-6-3)63-57(60)51-48-45-42-39-36-33-30-28-26-23-20-17-14-11-8-5-2/h12,15,21,24,54H,4-11,13-14,16-20,22-23,25-53H2,1-3H3/b15-12-,24-21-. The number of hydrogen-bond acceptors (Lipinski definition) is 6. The molecule has 0 heterocycles. The van der Waals surface area contributed by atoms with Gasteiger partial charge < -0.3 is 14.2 Å². The van der Waals surface area contributed by atoms with Crippen molar-refractivity contribution >= 4 is 17.9 Å². The largest absolute Gasteiger partial charge is 0.462 e. The summed E-state index contributed by atoms with van der Waals surface area (Å²) in [6, 6.07) is 0. The zero-order chi connectivity index (χ0) is 45.8. The van der Waals surface area contributed by atoms with E-state index in [9.17, 15) is 14.4 Å². The summed E-state index contributed by atoms with van der Waals surface area (Å²) in [4.78, 5) is 38.1. The Labute approximate surface area is 392 Å². The summed E-state index contributed by atoms with van der Waals surface area (Å²) in [5, 5.41) is 0. The number of rotatable bonds is 51. The summed E-state index contributed by atoms with van der Waals surface area (Å²) in [7, 11) is 0. The molecule has 6 heteroatoms. The molecule has 0 aliphatic carbocycles. The highest BCUT2D eigenvalue weighted by molar-refractivity contribution is 5.71. The maximum atomic E-state index is 12.8. The Kier molecular flexibility index (Phi) is 50.8. The van der Waals surface area contributed by atoms with Crippen LogP contribution >= 0.6 is 0 Å². The highest BCUT2D eigenvalue weighted by atomic mass is 16.6. The molecule has 0 aromatic rings. The molecule has 6 nitrogen and oxygen atoms in total. The molecule has 0 aromatic carbocycles. The van der Waals surface area contributed by atoms with E-state index in [1.54, 1.807) is 0 Å². The van der Waals surface area contributed by atoms with Gasteiger partial charge in [0.15, 0.2) is 6.10 Å². The minimum Gasteiger partial charge on any atom is -0.462 e. The van der Waals surface area contributed by atoms with Crippen LogP contribution in [0.4, 0.5) is 0 Å². The molecule has 0 aromatic heterocycles. The van der Waals surface area contributed by atoms with Crippen molar-refractivity contribution in [3.63, 3.8) is 0 Å². The molecule has 0 radical (unpaired) electrons. The molecule has 0 saturated carbocycles. The molecule has 63 heavy (non-hydrogen) atoms. The van der Waals surface area contributed by atoms with Crippen molar-refractivity contribution in [2.75, 3.05) is 13.2 Å². The second-order valence-electron chi connectivity index (χ2n) is 18.9. The fourth-order valence-corrected chi connectivity index (χ4v) is 8.25. The molecule has 0 aliphatic rings. The Morgan fingerprint density at radius 3 is 0.937 bits per heavy atom. The van der Waals surface area contributed by atoms with Crippen LogP contribution in [0.1, 0.15) is 303 Å². The van der Waals surface area contributed by atoms with Gasteiger partial charge in [0, 0.05) is 19.3 Å². The third-order valence-corrected chi connectivity index (χ3v) is 12.4. The van der Waals surface area contributed by atoms with Gasteiger partial charge in [-0.1, -0.05) is 263 Å². The lowest BCUT2D eigenvalue weighted by molar-refractivity contribution is -0.167. The van der Waals surface area contributed by atoms with Crippen molar-refractivity contribution in [1.82, 2.24) is 0 Å². The number of hydrogen-bond donors (Lipinski definition) is 0. The van der Waals surface area contributed by atoms with Gasteiger partial charge in [-0.3, -0.25) is 14.4 Å². The first-order chi connectivity index (χ1) is 31.0. The van der Waals surface area contributed by atoms with Crippen LogP contribution in [0.5, 0.6) is 0 Å². The molecule has 0 N–H and O–H groups in total. The maximum absolute atomic E-state index is 12.8. The zero-order valence-corrected chi connectivity index (χ0v) is 42.4. The van der Waals surface area contributed by atoms with Crippen molar-refractivity contribution in [3.8, 4) is 0 Å². The Hall–Kier alpha value is -2.11. The monoisotopic (exact) mass is 887 g/mol. The van der Waals surface area contributed by atoms with Gasteiger partial charge in [-0.25, -0.2) is 0 Å². The molecule has 0 bridgehead atoms. The second kappa shape index (κ2) is 52.5. The number of carbonyl (C=O) groups is 3. The summed E-state index contributed by atoms with van der Waals surface area (Å²) >= 11 is 0. The third kappa shape index (κ3) is 50.7. The van der Waals surface area contributed by atoms with Gasteiger partial charge in [0.1, 0.15) is 13.2 Å². The van der Waals surface area contributed by atoms with E-state index >= 15 is 0 Å². The van der Waals surface area contributed by atoms with Gasteiger partial charge in [0.25, 0.3) is 0 Å². The highest BCUT2D eigenvalue weighted by Gasteiger charge is 2.19. The van der Waals surface area contributed by atoms with Crippen molar-refractivity contribution in [2.24, 2.45) is 0 Å². The topological polar surface area (TPSA) is 78.9 Å². The summed E-state index contributed by atoms with van der Waals surface area (Å²) in [5.41, 5.74) is 0. The van der Waals surface area contributed by atoms with E-state index in [2.05, 4.69) is 45.1 Å². The van der Waals surface area contributed by atoms with Crippen LogP contribution in [0.15, 0.2) is 24.3 Å².